The van der Waals surface area contributed by atoms with Crippen molar-refractivity contribution in [3.63, 3.8) is 0 Å². The lowest BCUT2D eigenvalue weighted by atomic mass is 9.95. The minimum absolute atomic E-state index is 0.0947. The highest BCUT2D eigenvalue weighted by molar-refractivity contribution is 6.39. The van der Waals surface area contributed by atoms with Gasteiger partial charge in [-0.15, -0.1) is 0 Å². The van der Waals surface area contributed by atoms with E-state index >= 15 is 0 Å². The zero-order valence-electron chi connectivity index (χ0n) is 12.2. The maximum Gasteiger partial charge on any atom is 0.352 e. The zero-order valence-corrected chi connectivity index (χ0v) is 12.2. The summed E-state index contributed by atoms with van der Waals surface area (Å²) in [7, 11) is 0. The number of hydrogen-bond donors (Lipinski definition) is 3. The van der Waals surface area contributed by atoms with Gasteiger partial charge in [-0.25, -0.2) is 9.59 Å². The van der Waals surface area contributed by atoms with E-state index in [9.17, 15) is 9.59 Å². The van der Waals surface area contributed by atoms with Gasteiger partial charge in [0.1, 0.15) is 12.3 Å². The van der Waals surface area contributed by atoms with Gasteiger partial charge in [-0.05, 0) is 23.8 Å². The standard InChI is InChI=1S/C17H15N3O3/c18-15-13(10-23-16(15)21)12-8-4-5-9-14(12)20-17(22)19-11-6-2-1-3-7-11/h1-9,13,18H,10H2,(H2,19,20,22)/t13-/m0/s1. The summed E-state index contributed by atoms with van der Waals surface area (Å²) in [6.07, 6.45) is 0. The number of para-hydroxylation sites is 2. The highest BCUT2D eigenvalue weighted by atomic mass is 16.5. The molecule has 6 nitrogen and oxygen atoms in total. The number of ether oxygens (including phenoxy) is 1. The van der Waals surface area contributed by atoms with Crippen LogP contribution in [0.4, 0.5) is 16.2 Å². The Morgan fingerprint density at radius 2 is 1.74 bits per heavy atom. The third-order valence-corrected chi connectivity index (χ3v) is 3.57. The maximum atomic E-state index is 12.1. The van der Waals surface area contributed by atoms with Gasteiger partial charge in [0.2, 0.25) is 0 Å². The van der Waals surface area contributed by atoms with Gasteiger partial charge < -0.3 is 15.4 Å². The van der Waals surface area contributed by atoms with Gasteiger partial charge in [0.25, 0.3) is 0 Å². The van der Waals surface area contributed by atoms with E-state index in [1.807, 2.05) is 18.2 Å². The number of anilines is 2. The summed E-state index contributed by atoms with van der Waals surface area (Å²) < 4.78 is 4.90. The average molecular weight is 309 g/mol. The Morgan fingerprint density at radius 3 is 2.43 bits per heavy atom. The number of amides is 2. The predicted molar refractivity (Wildman–Crippen MR) is 87.0 cm³/mol. The number of esters is 1. The smallest absolute Gasteiger partial charge is 0.352 e. The molecule has 0 radical (unpaired) electrons. The second kappa shape index (κ2) is 6.31. The van der Waals surface area contributed by atoms with E-state index in [1.54, 1.807) is 36.4 Å². The Morgan fingerprint density at radius 1 is 1.04 bits per heavy atom. The van der Waals surface area contributed by atoms with E-state index in [1.165, 1.54) is 0 Å². The number of carbonyl (C=O) groups excluding carboxylic acids is 2. The molecule has 3 rings (SSSR count). The molecule has 1 aliphatic heterocycles. The van der Waals surface area contributed by atoms with Crippen LogP contribution in [0.5, 0.6) is 0 Å². The number of hydrogen-bond acceptors (Lipinski definition) is 4. The molecule has 1 atom stereocenters. The second-order valence-electron chi connectivity index (χ2n) is 5.10. The van der Waals surface area contributed by atoms with E-state index < -0.39 is 11.9 Å². The van der Waals surface area contributed by atoms with E-state index in [2.05, 4.69) is 10.6 Å². The van der Waals surface area contributed by atoms with Crippen LogP contribution >= 0.6 is 0 Å². The number of carbonyl (C=O) groups is 2. The van der Waals surface area contributed by atoms with Crippen LogP contribution in [0.3, 0.4) is 0 Å². The minimum atomic E-state index is -0.612. The average Bonchev–Trinajstić information content (AvgIpc) is 2.88. The monoisotopic (exact) mass is 309 g/mol. The zero-order chi connectivity index (χ0) is 16.2. The first-order valence-corrected chi connectivity index (χ1v) is 7.12. The molecule has 0 unspecified atom stereocenters. The van der Waals surface area contributed by atoms with Crippen LogP contribution in [0.2, 0.25) is 0 Å². The summed E-state index contributed by atoms with van der Waals surface area (Å²) in [5.41, 5.74) is 1.82. The maximum absolute atomic E-state index is 12.1. The molecule has 1 fully saturated rings. The van der Waals surface area contributed by atoms with Crippen molar-refractivity contribution in [1.29, 1.82) is 5.41 Å². The van der Waals surface area contributed by atoms with E-state index in [0.717, 1.165) is 0 Å². The molecule has 1 aliphatic rings. The highest BCUT2D eigenvalue weighted by Crippen LogP contribution is 2.29. The molecule has 0 saturated carbocycles. The van der Waals surface area contributed by atoms with E-state index in [4.69, 9.17) is 10.1 Å². The van der Waals surface area contributed by atoms with Crippen LogP contribution in [0.1, 0.15) is 11.5 Å². The first-order chi connectivity index (χ1) is 11.1. The van der Waals surface area contributed by atoms with Crippen molar-refractivity contribution in [1.82, 2.24) is 0 Å². The summed E-state index contributed by atoms with van der Waals surface area (Å²) in [6, 6.07) is 15.8. The Labute approximate surface area is 133 Å². The lowest BCUT2D eigenvalue weighted by Gasteiger charge is -2.14. The van der Waals surface area contributed by atoms with Gasteiger partial charge in [0.15, 0.2) is 0 Å². The van der Waals surface area contributed by atoms with Crippen molar-refractivity contribution in [2.24, 2.45) is 0 Å². The fourth-order valence-corrected chi connectivity index (χ4v) is 2.43. The van der Waals surface area contributed by atoms with E-state index in [-0.39, 0.29) is 18.3 Å². The number of benzene rings is 2. The van der Waals surface area contributed by atoms with Crippen LogP contribution in [-0.2, 0) is 9.53 Å². The molecule has 1 heterocycles. The molecule has 0 aromatic heterocycles. The third-order valence-electron chi connectivity index (χ3n) is 3.57. The summed E-state index contributed by atoms with van der Waals surface area (Å²) in [6.45, 7) is 0.122. The molecule has 0 bridgehead atoms. The highest BCUT2D eigenvalue weighted by Gasteiger charge is 2.33. The van der Waals surface area contributed by atoms with Crippen molar-refractivity contribution >= 4 is 29.1 Å². The van der Waals surface area contributed by atoms with Crippen molar-refractivity contribution in [2.45, 2.75) is 5.92 Å². The predicted octanol–water partition coefficient (Wildman–Crippen LogP) is 2.99. The molecular formula is C17H15N3O3. The molecule has 116 valence electrons. The first-order valence-electron chi connectivity index (χ1n) is 7.12. The normalized spacial score (nSPS) is 16.8. The van der Waals surface area contributed by atoms with Crippen LogP contribution in [0.25, 0.3) is 0 Å². The topological polar surface area (TPSA) is 91.3 Å². The first kappa shape index (κ1) is 14.8. The quantitative estimate of drug-likeness (QED) is 0.761. The molecule has 2 aromatic carbocycles. The van der Waals surface area contributed by atoms with Crippen LogP contribution in [0, 0.1) is 5.41 Å². The minimum Gasteiger partial charge on any atom is -0.460 e. The molecule has 0 spiro atoms. The van der Waals surface area contributed by atoms with Crippen molar-refractivity contribution in [3.05, 3.63) is 60.2 Å². The Bertz CT molecular complexity index is 759. The van der Waals surface area contributed by atoms with E-state index in [0.29, 0.717) is 16.9 Å². The molecule has 3 N–H and O–H groups in total. The van der Waals surface area contributed by atoms with Gasteiger partial charge in [0, 0.05) is 11.4 Å². The van der Waals surface area contributed by atoms with Crippen LogP contribution in [-0.4, -0.2) is 24.3 Å². The van der Waals surface area contributed by atoms with Crippen LogP contribution in [0.15, 0.2) is 54.6 Å². The lowest BCUT2D eigenvalue weighted by molar-refractivity contribution is -0.132. The van der Waals surface area contributed by atoms with Crippen molar-refractivity contribution < 1.29 is 14.3 Å². The molecule has 1 saturated heterocycles. The second-order valence-corrected chi connectivity index (χ2v) is 5.10. The molecule has 6 heteroatoms. The molecule has 0 aliphatic carbocycles. The summed E-state index contributed by atoms with van der Waals surface area (Å²) in [5.74, 6) is -1.07. The number of nitrogens with one attached hydrogen (secondary N) is 3. The fourth-order valence-electron chi connectivity index (χ4n) is 2.43. The fraction of sp³-hybridized carbons (Fsp3) is 0.118. The summed E-state index contributed by atoms with van der Waals surface area (Å²) in [5, 5.41) is 13.3. The van der Waals surface area contributed by atoms with Crippen LogP contribution < -0.4 is 10.6 Å². The SMILES string of the molecule is N=C1C(=O)OC[C@H]1c1ccccc1NC(=O)Nc1ccccc1. The number of urea groups is 1. The van der Waals surface area contributed by atoms with Crippen molar-refractivity contribution in [3.8, 4) is 0 Å². The summed E-state index contributed by atoms with van der Waals surface area (Å²) in [4.78, 5) is 23.5. The Hall–Kier alpha value is -3.15. The Balaban J connectivity index is 1.77. The van der Waals surface area contributed by atoms with Gasteiger partial charge >= 0.3 is 12.0 Å². The molecule has 23 heavy (non-hydrogen) atoms. The summed E-state index contributed by atoms with van der Waals surface area (Å²) >= 11 is 0. The van der Waals surface area contributed by atoms with Gasteiger partial charge in [-0.2, -0.15) is 0 Å². The largest absolute Gasteiger partial charge is 0.460 e. The van der Waals surface area contributed by atoms with Crippen molar-refractivity contribution in [2.75, 3.05) is 17.2 Å². The Kier molecular flexibility index (Phi) is 4.05. The van der Waals surface area contributed by atoms with Gasteiger partial charge in [-0.1, -0.05) is 36.4 Å². The lowest BCUT2D eigenvalue weighted by Crippen LogP contribution is -2.21. The number of cyclic esters (lactones) is 1. The van der Waals surface area contributed by atoms with Gasteiger partial charge in [0.05, 0.1) is 5.92 Å². The number of rotatable bonds is 3. The van der Waals surface area contributed by atoms with Gasteiger partial charge in [-0.3, -0.25) is 5.41 Å². The molecule has 2 amide bonds. The third kappa shape index (κ3) is 3.21. The molecule has 2 aromatic rings. The molecular weight excluding hydrogens is 294 g/mol.